The molecule has 0 spiro atoms. The Kier molecular flexibility index (Phi) is 5.58. The molecule has 0 saturated carbocycles. The van der Waals surface area contributed by atoms with Crippen molar-refractivity contribution in [3.63, 3.8) is 0 Å². The van der Waals surface area contributed by atoms with Crippen LogP contribution in [0.2, 0.25) is 0 Å². The molecule has 3 rings (SSSR count). The smallest absolute Gasteiger partial charge is 0.249 e. The van der Waals surface area contributed by atoms with Crippen molar-refractivity contribution in [2.75, 3.05) is 11.9 Å². The Bertz CT molecular complexity index is 764. The van der Waals surface area contributed by atoms with Gasteiger partial charge >= 0.3 is 0 Å². The van der Waals surface area contributed by atoms with Crippen LogP contribution in [0.5, 0.6) is 0 Å². The van der Waals surface area contributed by atoms with E-state index in [1.54, 1.807) is 24.2 Å². The van der Waals surface area contributed by atoms with Crippen molar-refractivity contribution in [2.45, 2.75) is 39.0 Å². The highest BCUT2D eigenvalue weighted by Gasteiger charge is 2.39. The number of hydrogen-bond acceptors (Lipinski definition) is 5. The lowest BCUT2D eigenvalue weighted by Gasteiger charge is -2.38. The summed E-state index contributed by atoms with van der Waals surface area (Å²) in [6, 6.07) is 8.87. The van der Waals surface area contributed by atoms with Gasteiger partial charge in [0.05, 0.1) is 24.2 Å². The number of nitrogens with one attached hydrogen (secondary N) is 1. The predicted molar refractivity (Wildman–Crippen MR) is 96.2 cm³/mol. The summed E-state index contributed by atoms with van der Waals surface area (Å²) in [6.45, 7) is 4.09. The van der Waals surface area contributed by atoms with Crippen LogP contribution < -0.4 is 5.32 Å². The molecule has 2 atom stereocenters. The Hall–Kier alpha value is -2.80. The van der Waals surface area contributed by atoms with Crippen molar-refractivity contribution >= 4 is 17.5 Å². The Morgan fingerprint density at radius 2 is 1.96 bits per heavy atom. The van der Waals surface area contributed by atoms with Gasteiger partial charge < -0.3 is 15.0 Å². The number of morpholine rings is 1. The maximum atomic E-state index is 12.8. The Morgan fingerprint density at radius 1 is 1.27 bits per heavy atom. The lowest BCUT2D eigenvalue weighted by molar-refractivity contribution is -0.161. The largest absolute Gasteiger partial charge is 0.366 e. The zero-order valence-electron chi connectivity index (χ0n) is 14.9. The number of carbonyl (C=O) groups is 2. The summed E-state index contributed by atoms with van der Waals surface area (Å²) < 4.78 is 5.48. The average molecular weight is 354 g/mol. The van der Waals surface area contributed by atoms with Gasteiger partial charge in [0.1, 0.15) is 18.5 Å². The van der Waals surface area contributed by atoms with Crippen molar-refractivity contribution in [2.24, 2.45) is 0 Å². The molecule has 7 nitrogen and oxygen atoms in total. The van der Waals surface area contributed by atoms with E-state index < -0.39 is 12.1 Å². The molecule has 1 saturated heterocycles. The number of amides is 2. The quantitative estimate of drug-likeness (QED) is 0.885. The van der Waals surface area contributed by atoms with Crippen molar-refractivity contribution in [3.8, 4) is 0 Å². The van der Waals surface area contributed by atoms with E-state index in [1.807, 2.05) is 37.3 Å². The van der Waals surface area contributed by atoms with Crippen molar-refractivity contribution in [3.05, 3.63) is 54.1 Å². The fraction of sp³-hybridized carbons (Fsp3) is 0.368. The molecule has 136 valence electrons. The van der Waals surface area contributed by atoms with Crippen molar-refractivity contribution in [1.82, 2.24) is 14.9 Å². The maximum absolute atomic E-state index is 12.8. The summed E-state index contributed by atoms with van der Waals surface area (Å²) in [4.78, 5) is 35.2. The normalized spacial score (nSPS) is 20.1. The van der Waals surface area contributed by atoms with Gasteiger partial charge in [-0.2, -0.15) is 0 Å². The molecule has 1 aliphatic rings. The lowest BCUT2D eigenvalue weighted by atomic mass is 10.1. The summed E-state index contributed by atoms with van der Waals surface area (Å²) in [5.74, 6) is 0.192. The van der Waals surface area contributed by atoms with Gasteiger partial charge in [-0.05, 0) is 12.5 Å². The van der Waals surface area contributed by atoms with Gasteiger partial charge in [-0.15, -0.1) is 0 Å². The third kappa shape index (κ3) is 4.05. The molecular weight excluding hydrogens is 332 g/mol. The number of anilines is 1. The van der Waals surface area contributed by atoms with Crippen LogP contribution in [0.4, 0.5) is 5.69 Å². The topological polar surface area (TPSA) is 84.4 Å². The first kappa shape index (κ1) is 18.0. The highest BCUT2D eigenvalue weighted by Crippen LogP contribution is 2.20. The molecular formula is C19H22N4O3. The Balaban J connectivity index is 1.78. The predicted octanol–water partition coefficient (Wildman–Crippen LogP) is 1.79. The van der Waals surface area contributed by atoms with Gasteiger partial charge in [0.2, 0.25) is 11.8 Å². The molecule has 0 radical (unpaired) electrons. The molecule has 1 aliphatic heterocycles. The minimum absolute atomic E-state index is 0.0217. The minimum Gasteiger partial charge on any atom is -0.366 e. The monoisotopic (exact) mass is 354 g/mol. The second-order valence-electron chi connectivity index (χ2n) is 6.20. The number of ether oxygens (including phenoxy) is 1. The molecule has 26 heavy (non-hydrogen) atoms. The van der Waals surface area contributed by atoms with Crippen molar-refractivity contribution in [1.29, 1.82) is 0 Å². The van der Waals surface area contributed by atoms with E-state index in [0.29, 0.717) is 18.1 Å². The van der Waals surface area contributed by atoms with Crippen LogP contribution in [0.1, 0.15) is 25.2 Å². The number of hydrogen-bond donors (Lipinski definition) is 1. The second-order valence-corrected chi connectivity index (χ2v) is 6.20. The lowest BCUT2D eigenvalue weighted by Crippen LogP contribution is -2.58. The molecule has 2 heterocycles. The molecule has 7 heteroatoms. The maximum Gasteiger partial charge on any atom is 0.249 e. The third-order valence-corrected chi connectivity index (χ3v) is 4.32. The fourth-order valence-corrected chi connectivity index (χ4v) is 2.92. The number of nitrogens with zero attached hydrogens (tertiary/aromatic N) is 3. The average Bonchev–Trinajstić information content (AvgIpc) is 2.66. The van der Waals surface area contributed by atoms with Crippen LogP contribution in [0.25, 0.3) is 0 Å². The van der Waals surface area contributed by atoms with Gasteiger partial charge in [-0.3, -0.25) is 9.59 Å². The van der Waals surface area contributed by atoms with Crippen LogP contribution in [-0.4, -0.2) is 45.4 Å². The highest BCUT2D eigenvalue weighted by atomic mass is 16.5. The summed E-state index contributed by atoms with van der Waals surface area (Å²) in [7, 11) is 0. The fourth-order valence-electron chi connectivity index (χ4n) is 2.92. The summed E-state index contributed by atoms with van der Waals surface area (Å²) in [5, 5.41) is 2.79. The first-order valence-corrected chi connectivity index (χ1v) is 8.65. The van der Waals surface area contributed by atoms with Crippen molar-refractivity contribution < 1.29 is 14.3 Å². The van der Waals surface area contributed by atoms with Crippen LogP contribution in [0, 0.1) is 0 Å². The molecule has 0 aliphatic carbocycles. The molecule has 0 bridgehead atoms. The minimum atomic E-state index is -0.720. The Morgan fingerprint density at radius 3 is 2.62 bits per heavy atom. The highest BCUT2D eigenvalue weighted by molar-refractivity contribution is 5.98. The number of benzene rings is 1. The molecule has 1 fully saturated rings. The van der Waals surface area contributed by atoms with Crippen LogP contribution in [0.15, 0.2) is 42.7 Å². The van der Waals surface area contributed by atoms with Gasteiger partial charge in [0.15, 0.2) is 0 Å². The molecule has 2 aromatic rings. The first-order chi connectivity index (χ1) is 12.6. The van der Waals surface area contributed by atoms with E-state index in [1.165, 1.54) is 0 Å². The number of rotatable bonds is 5. The van der Waals surface area contributed by atoms with Gasteiger partial charge in [-0.25, -0.2) is 9.97 Å². The second kappa shape index (κ2) is 8.05. The third-order valence-electron chi connectivity index (χ3n) is 4.32. The van der Waals surface area contributed by atoms with Gasteiger partial charge in [-0.1, -0.05) is 37.3 Å². The van der Waals surface area contributed by atoms with E-state index in [4.69, 9.17) is 4.74 Å². The first-order valence-electron chi connectivity index (χ1n) is 8.65. The van der Waals surface area contributed by atoms with Gasteiger partial charge in [0.25, 0.3) is 0 Å². The molecule has 2 amide bonds. The standard InChI is InChI=1S/C19H22N4O3/c1-3-16-20-9-15(10-21-16)22-19(25)18-13(2)26-12-17(24)23(18)11-14-7-5-4-6-8-14/h4-10,13,18H,3,11-12H2,1-2H3,(H,22,25)/t13-,18+/m1/s1. The SMILES string of the molecule is CCc1ncc(NC(=O)[C@@H]2[C@@H](C)OCC(=O)N2Cc2ccccc2)cn1. The summed E-state index contributed by atoms with van der Waals surface area (Å²) in [5.41, 5.74) is 1.46. The number of aryl methyl sites for hydroxylation is 1. The molecule has 1 aromatic heterocycles. The van der Waals surface area contributed by atoms with E-state index in [0.717, 1.165) is 12.0 Å². The van der Waals surface area contributed by atoms with E-state index in [9.17, 15) is 9.59 Å². The number of aromatic nitrogens is 2. The zero-order chi connectivity index (χ0) is 18.5. The zero-order valence-corrected chi connectivity index (χ0v) is 14.9. The molecule has 1 aromatic carbocycles. The van der Waals surface area contributed by atoms with E-state index in [-0.39, 0.29) is 18.4 Å². The van der Waals surface area contributed by atoms with E-state index >= 15 is 0 Å². The molecule has 1 N–H and O–H groups in total. The molecule has 0 unspecified atom stereocenters. The van der Waals surface area contributed by atoms with Crippen LogP contribution in [-0.2, 0) is 27.3 Å². The summed E-state index contributed by atoms with van der Waals surface area (Å²) >= 11 is 0. The number of carbonyl (C=O) groups excluding carboxylic acids is 2. The van der Waals surface area contributed by atoms with Crippen LogP contribution in [0.3, 0.4) is 0 Å². The van der Waals surface area contributed by atoms with Crippen LogP contribution >= 0.6 is 0 Å². The van der Waals surface area contributed by atoms with E-state index in [2.05, 4.69) is 15.3 Å². The summed E-state index contributed by atoms with van der Waals surface area (Å²) in [6.07, 6.45) is 3.46. The van der Waals surface area contributed by atoms with Gasteiger partial charge in [0, 0.05) is 13.0 Å². The Labute approximate surface area is 152 Å².